The largest absolute Gasteiger partial charge is 0.383 e. The third kappa shape index (κ3) is 5.39. The van der Waals surface area contributed by atoms with E-state index in [9.17, 15) is 9.90 Å². The summed E-state index contributed by atoms with van der Waals surface area (Å²) < 4.78 is 0. The van der Waals surface area contributed by atoms with Crippen molar-refractivity contribution in [1.29, 1.82) is 0 Å². The van der Waals surface area contributed by atoms with Crippen molar-refractivity contribution >= 4 is 5.78 Å². The highest BCUT2D eigenvalue weighted by Gasteiger charge is 2.33. The van der Waals surface area contributed by atoms with Gasteiger partial charge in [-0.05, 0) is 50.4 Å². The van der Waals surface area contributed by atoms with Gasteiger partial charge in [-0.25, -0.2) is 0 Å². The van der Waals surface area contributed by atoms with E-state index in [4.69, 9.17) is 0 Å². The summed E-state index contributed by atoms with van der Waals surface area (Å²) in [4.78, 5) is 11.1. The van der Waals surface area contributed by atoms with Crippen molar-refractivity contribution in [2.24, 2.45) is 23.7 Å². The van der Waals surface area contributed by atoms with Gasteiger partial charge in [-0.2, -0.15) is 0 Å². The quantitative estimate of drug-likeness (QED) is 0.813. The van der Waals surface area contributed by atoms with E-state index in [2.05, 4.69) is 6.92 Å². The van der Waals surface area contributed by atoms with Gasteiger partial charge in [-0.3, -0.25) is 4.79 Å². The first-order valence-electron chi connectivity index (χ1n) is 9.13. The second-order valence-electron chi connectivity index (χ2n) is 8.23. The van der Waals surface area contributed by atoms with E-state index < -0.39 is 5.60 Å². The normalized spacial score (nSPS) is 32.1. The van der Waals surface area contributed by atoms with Crippen molar-refractivity contribution < 1.29 is 9.90 Å². The average Bonchev–Trinajstić information content (AvgIpc) is 3.11. The molecule has 0 radical (unpaired) electrons. The molecule has 0 aromatic carbocycles. The first-order chi connectivity index (χ1) is 9.88. The van der Waals surface area contributed by atoms with Gasteiger partial charge in [0.1, 0.15) is 5.60 Å². The lowest BCUT2D eigenvalue weighted by atomic mass is 9.75. The minimum atomic E-state index is -1.12. The summed E-state index contributed by atoms with van der Waals surface area (Å²) >= 11 is 0. The van der Waals surface area contributed by atoms with E-state index in [1.165, 1.54) is 32.1 Å². The number of hydrogen-bond acceptors (Lipinski definition) is 2. The van der Waals surface area contributed by atoms with Crippen LogP contribution in [0.3, 0.4) is 0 Å². The molecular formula is C19H34O2. The Morgan fingerprint density at radius 1 is 1.05 bits per heavy atom. The Hall–Kier alpha value is -0.370. The van der Waals surface area contributed by atoms with Gasteiger partial charge in [0.2, 0.25) is 0 Å². The highest BCUT2D eigenvalue weighted by Crippen LogP contribution is 2.44. The van der Waals surface area contributed by atoms with Crippen LogP contribution in [0.1, 0.15) is 85.0 Å². The van der Waals surface area contributed by atoms with Gasteiger partial charge in [0.25, 0.3) is 0 Å². The van der Waals surface area contributed by atoms with Crippen molar-refractivity contribution in [3.8, 4) is 0 Å². The zero-order valence-corrected chi connectivity index (χ0v) is 14.2. The lowest BCUT2D eigenvalue weighted by Crippen LogP contribution is -2.30. The number of ketones is 1. The number of aliphatic hydroxyl groups is 1. The minimum Gasteiger partial charge on any atom is -0.383 e. The number of rotatable bonds is 4. The van der Waals surface area contributed by atoms with E-state index in [-0.39, 0.29) is 5.78 Å². The molecule has 0 aromatic rings. The van der Waals surface area contributed by atoms with E-state index in [0.717, 1.165) is 30.1 Å². The summed E-state index contributed by atoms with van der Waals surface area (Å²) in [5.74, 6) is 4.09. The third-order valence-electron chi connectivity index (χ3n) is 5.84. The second-order valence-corrected chi connectivity index (χ2v) is 8.23. The van der Waals surface area contributed by atoms with Crippen LogP contribution in [0.4, 0.5) is 0 Å². The molecule has 3 fully saturated rings. The van der Waals surface area contributed by atoms with E-state index >= 15 is 0 Å². The molecule has 3 rings (SSSR count). The minimum absolute atomic E-state index is 0.0237. The summed E-state index contributed by atoms with van der Waals surface area (Å²) in [5, 5.41) is 9.27. The maximum atomic E-state index is 11.1. The molecule has 0 spiro atoms. The fourth-order valence-corrected chi connectivity index (χ4v) is 4.14. The van der Waals surface area contributed by atoms with Gasteiger partial charge in [0.05, 0.1) is 0 Å². The standard InChI is InChI=1S/C10H18.C9H16O2/c1-8-4-2-5-9-6-3-7-10(8)9;1-9(2,11)8(10)6-5-7-3-4-7/h8-10H,2-7H2,1H3;7,11H,3-6H2,1-2H3. The van der Waals surface area contributed by atoms with Gasteiger partial charge in [-0.1, -0.05) is 51.9 Å². The summed E-state index contributed by atoms with van der Waals surface area (Å²) in [6.45, 7) is 5.58. The molecular weight excluding hydrogens is 260 g/mol. The fourth-order valence-electron chi connectivity index (χ4n) is 4.14. The Kier molecular flexibility index (Phi) is 5.88. The second kappa shape index (κ2) is 7.26. The SMILES string of the molecule is CC(C)(O)C(=O)CCC1CC1.CC1CCCC2CCCC12. The van der Waals surface area contributed by atoms with Crippen LogP contribution < -0.4 is 0 Å². The van der Waals surface area contributed by atoms with Crippen LogP contribution in [-0.4, -0.2) is 16.5 Å². The molecule has 1 N–H and O–H groups in total. The van der Waals surface area contributed by atoms with Crippen molar-refractivity contribution in [2.75, 3.05) is 0 Å². The fraction of sp³-hybridized carbons (Fsp3) is 0.947. The predicted octanol–water partition coefficient (Wildman–Crippen LogP) is 4.74. The van der Waals surface area contributed by atoms with Gasteiger partial charge in [-0.15, -0.1) is 0 Å². The highest BCUT2D eigenvalue weighted by molar-refractivity contribution is 5.86. The topological polar surface area (TPSA) is 37.3 Å². The zero-order valence-electron chi connectivity index (χ0n) is 14.2. The molecule has 122 valence electrons. The Morgan fingerprint density at radius 3 is 2.19 bits per heavy atom. The van der Waals surface area contributed by atoms with Gasteiger partial charge in [0, 0.05) is 6.42 Å². The molecule has 3 aliphatic rings. The molecule has 0 saturated heterocycles. The molecule has 3 atom stereocenters. The van der Waals surface area contributed by atoms with Crippen LogP contribution >= 0.6 is 0 Å². The lowest BCUT2D eigenvalue weighted by molar-refractivity contribution is -0.134. The average molecular weight is 294 g/mol. The van der Waals surface area contributed by atoms with E-state index in [1.807, 2.05) is 0 Å². The number of fused-ring (bicyclic) bond motifs is 1. The molecule has 3 unspecified atom stereocenters. The first kappa shape index (κ1) is 17.0. The summed E-state index contributed by atoms with van der Waals surface area (Å²) in [6, 6.07) is 0. The molecule has 2 nitrogen and oxygen atoms in total. The van der Waals surface area contributed by atoms with Crippen LogP contribution in [0, 0.1) is 23.7 Å². The van der Waals surface area contributed by atoms with Gasteiger partial charge >= 0.3 is 0 Å². The molecule has 21 heavy (non-hydrogen) atoms. The van der Waals surface area contributed by atoms with Crippen molar-refractivity contribution in [1.82, 2.24) is 0 Å². The summed E-state index contributed by atoms with van der Waals surface area (Å²) in [7, 11) is 0. The number of Topliss-reactive ketones (excluding diaryl/α,β-unsaturated/α-hetero) is 1. The Balaban J connectivity index is 0.000000154. The van der Waals surface area contributed by atoms with Crippen LogP contribution in [0.15, 0.2) is 0 Å². The smallest absolute Gasteiger partial charge is 0.163 e. The molecule has 0 bridgehead atoms. The molecule has 2 heteroatoms. The van der Waals surface area contributed by atoms with Crippen molar-refractivity contribution in [2.45, 2.75) is 90.6 Å². The van der Waals surface area contributed by atoms with Crippen LogP contribution in [-0.2, 0) is 4.79 Å². The monoisotopic (exact) mass is 294 g/mol. The molecule has 0 heterocycles. The maximum Gasteiger partial charge on any atom is 0.163 e. The lowest BCUT2D eigenvalue weighted by Gasteiger charge is -2.31. The molecule has 3 aliphatic carbocycles. The van der Waals surface area contributed by atoms with E-state index in [1.54, 1.807) is 33.1 Å². The molecule has 0 aromatic heterocycles. The molecule has 3 saturated carbocycles. The van der Waals surface area contributed by atoms with Crippen LogP contribution in [0.25, 0.3) is 0 Å². The Bertz CT molecular complexity index is 338. The summed E-state index contributed by atoms with van der Waals surface area (Å²) in [6.07, 6.45) is 13.3. The van der Waals surface area contributed by atoms with E-state index in [0.29, 0.717) is 6.42 Å². The molecule has 0 amide bonds. The molecule has 0 aliphatic heterocycles. The highest BCUT2D eigenvalue weighted by atomic mass is 16.3. The van der Waals surface area contributed by atoms with Gasteiger partial charge < -0.3 is 5.11 Å². The zero-order chi connectivity index (χ0) is 15.5. The van der Waals surface area contributed by atoms with Crippen molar-refractivity contribution in [3.63, 3.8) is 0 Å². The first-order valence-corrected chi connectivity index (χ1v) is 9.13. The predicted molar refractivity (Wildman–Crippen MR) is 87.1 cm³/mol. The van der Waals surface area contributed by atoms with Gasteiger partial charge in [0.15, 0.2) is 5.78 Å². The maximum absolute atomic E-state index is 11.1. The number of hydrogen-bond donors (Lipinski definition) is 1. The summed E-state index contributed by atoms with van der Waals surface area (Å²) in [5.41, 5.74) is -1.12. The van der Waals surface area contributed by atoms with Crippen LogP contribution in [0.2, 0.25) is 0 Å². The number of carbonyl (C=O) groups is 1. The Labute approximate surface area is 130 Å². The third-order valence-corrected chi connectivity index (χ3v) is 5.84. The van der Waals surface area contributed by atoms with Crippen LogP contribution in [0.5, 0.6) is 0 Å². The Morgan fingerprint density at radius 2 is 1.67 bits per heavy atom. The van der Waals surface area contributed by atoms with Crippen molar-refractivity contribution in [3.05, 3.63) is 0 Å². The number of carbonyl (C=O) groups excluding carboxylic acids is 1.